The molecule has 0 bridgehead atoms. The molecule has 8 nitrogen and oxygen atoms in total. The number of thiocarbonyl (C=S) groups is 1. The molecule has 0 unspecified atom stereocenters. The Bertz CT molecular complexity index is 1040. The van der Waals surface area contributed by atoms with E-state index in [0.717, 1.165) is 13.1 Å². The normalized spacial score (nSPS) is 15.7. The van der Waals surface area contributed by atoms with Crippen molar-refractivity contribution in [2.45, 2.75) is 6.54 Å². The summed E-state index contributed by atoms with van der Waals surface area (Å²) in [6, 6.07) is 3.52. The average molecular weight is 428 g/mol. The minimum absolute atomic E-state index is 0.113. The van der Waals surface area contributed by atoms with Crippen LogP contribution >= 0.6 is 12.2 Å². The smallest absolute Gasteiger partial charge is 0.263 e. The Hall–Kier alpha value is -3.07. The summed E-state index contributed by atoms with van der Waals surface area (Å²) in [4.78, 5) is 22.3. The van der Waals surface area contributed by atoms with E-state index in [0.29, 0.717) is 72.9 Å². The van der Waals surface area contributed by atoms with E-state index < -0.39 is 0 Å². The predicted molar refractivity (Wildman–Crippen MR) is 122 cm³/mol. The molecule has 1 aromatic carbocycles. The van der Waals surface area contributed by atoms with Gasteiger partial charge in [-0.1, -0.05) is 12.2 Å². The van der Waals surface area contributed by atoms with Crippen LogP contribution in [0.4, 0.5) is 5.95 Å². The number of aromatic nitrogens is 2. The maximum absolute atomic E-state index is 13.3. The number of hydrogen-bond acceptors (Lipinski definition) is 6. The molecule has 0 saturated carbocycles. The van der Waals surface area contributed by atoms with E-state index in [4.69, 9.17) is 26.7 Å². The Morgan fingerprint density at radius 2 is 1.83 bits per heavy atom. The second-order valence-electron chi connectivity index (χ2n) is 7.08. The Labute approximate surface area is 180 Å². The lowest BCUT2D eigenvalue weighted by Crippen LogP contribution is -2.52. The highest BCUT2D eigenvalue weighted by atomic mass is 32.1. The third kappa shape index (κ3) is 3.85. The quantitative estimate of drug-likeness (QED) is 0.569. The van der Waals surface area contributed by atoms with Crippen molar-refractivity contribution in [1.82, 2.24) is 19.8 Å². The number of anilines is 1. The van der Waals surface area contributed by atoms with Gasteiger partial charge in [0.1, 0.15) is 13.2 Å². The molecule has 4 rings (SSSR count). The van der Waals surface area contributed by atoms with Crippen LogP contribution in [0.2, 0.25) is 0 Å². The van der Waals surface area contributed by atoms with E-state index in [1.165, 1.54) is 0 Å². The lowest BCUT2D eigenvalue weighted by Gasteiger charge is -2.37. The summed E-state index contributed by atoms with van der Waals surface area (Å²) >= 11 is 5.44. The average Bonchev–Trinajstić information content (AvgIpc) is 2.78. The molecule has 2 aliphatic rings. The maximum atomic E-state index is 13.3. The van der Waals surface area contributed by atoms with Crippen molar-refractivity contribution in [3.63, 3.8) is 0 Å². The van der Waals surface area contributed by atoms with Crippen LogP contribution in [0.3, 0.4) is 0 Å². The van der Waals surface area contributed by atoms with Gasteiger partial charge in [0.05, 0.1) is 10.9 Å². The summed E-state index contributed by atoms with van der Waals surface area (Å²) in [7, 11) is 0. The first-order valence-electron chi connectivity index (χ1n) is 9.96. The van der Waals surface area contributed by atoms with Gasteiger partial charge in [0.2, 0.25) is 5.95 Å². The SMILES string of the molecule is C=CCNC(=S)N1CCN(c2nc3cc4c(cc3c(=O)n2CC=C)OCCO4)CC1. The first kappa shape index (κ1) is 20.2. The molecule has 0 atom stereocenters. The summed E-state index contributed by atoms with van der Waals surface area (Å²) in [5.41, 5.74) is 0.489. The summed E-state index contributed by atoms with van der Waals surface area (Å²) in [5.74, 6) is 1.84. The first-order chi connectivity index (χ1) is 14.6. The largest absolute Gasteiger partial charge is 0.486 e. The van der Waals surface area contributed by atoms with Gasteiger partial charge < -0.3 is 24.6 Å². The van der Waals surface area contributed by atoms with Crippen molar-refractivity contribution < 1.29 is 9.47 Å². The molecule has 158 valence electrons. The molecule has 30 heavy (non-hydrogen) atoms. The molecule has 1 fully saturated rings. The number of nitrogens with zero attached hydrogens (tertiary/aromatic N) is 4. The van der Waals surface area contributed by atoms with Crippen LogP contribution in [0, 0.1) is 0 Å². The van der Waals surface area contributed by atoms with E-state index >= 15 is 0 Å². The van der Waals surface area contributed by atoms with Gasteiger partial charge in [0, 0.05) is 45.3 Å². The topological polar surface area (TPSA) is 71.9 Å². The molecule has 1 N–H and O–H groups in total. The van der Waals surface area contributed by atoms with E-state index in [9.17, 15) is 4.79 Å². The number of ether oxygens (including phenoxy) is 2. The minimum atomic E-state index is -0.113. The fourth-order valence-corrected chi connectivity index (χ4v) is 3.93. The molecule has 1 saturated heterocycles. The maximum Gasteiger partial charge on any atom is 0.263 e. The van der Waals surface area contributed by atoms with Crippen LogP contribution in [0.15, 0.2) is 42.2 Å². The van der Waals surface area contributed by atoms with Crippen LogP contribution in [-0.2, 0) is 6.54 Å². The fraction of sp³-hybridized carbons (Fsp3) is 0.381. The number of allylic oxidation sites excluding steroid dienone is 1. The van der Waals surface area contributed by atoms with Gasteiger partial charge >= 0.3 is 0 Å². The van der Waals surface area contributed by atoms with Gasteiger partial charge in [-0.15, -0.1) is 13.2 Å². The molecular formula is C21H25N5O3S. The zero-order valence-electron chi connectivity index (χ0n) is 16.8. The fourth-order valence-electron chi connectivity index (χ4n) is 3.66. The zero-order chi connectivity index (χ0) is 21.1. The molecule has 1 aromatic heterocycles. The van der Waals surface area contributed by atoms with Gasteiger partial charge in [-0.25, -0.2) is 4.98 Å². The van der Waals surface area contributed by atoms with Crippen LogP contribution in [0.5, 0.6) is 11.5 Å². The lowest BCUT2D eigenvalue weighted by atomic mass is 10.2. The van der Waals surface area contributed by atoms with Gasteiger partial charge in [-0.05, 0) is 18.3 Å². The lowest BCUT2D eigenvalue weighted by molar-refractivity contribution is 0.172. The van der Waals surface area contributed by atoms with Crippen LogP contribution in [-0.4, -0.2) is 65.5 Å². The van der Waals surface area contributed by atoms with Crippen molar-refractivity contribution in [3.8, 4) is 11.5 Å². The van der Waals surface area contributed by atoms with Gasteiger partial charge in [0.15, 0.2) is 16.6 Å². The summed E-state index contributed by atoms with van der Waals surface area (Å²) in [6.45, 7) is 12.4. The Morgan fingerprint density at radius 1 is 1.13 bits per heavy atom. The number of rotatable bonds is 5. The number of hydrogen-bond donors (Lipinski definition) is 1. The standard InChI is InChI=1S/C21H25N5O3S/c1-3-5-22-21(30)25-9-7-24(8-10-25)20-23-16-14-18-17(28-11-12-29-18)13-15(16)19(27)26(20)6-4-2/h3-4,13-14H,1-2,5-12H2,(H,22,30). The van der Waals surface area contributed by atoms with Crippen LogP contribution in [0.25, 0.3) is 10.9 Å². The molecule has 0 aliphatic carbocycles. The Morgan fingerprint density at radius 3 is 2.50 bits per heavy atom. The molecule has 9 heteroatoms. The second kappa shape index (κ2) is 8.74. The molecular weight excluding hydrogens is 402 g/mol. The van der Waals surface area contributed by atoms with E-state index in [1.807, 2.05) is 0 Å². The van der Waals surface area contributed by atoms with E-state index in [2.05, 4.69) is 28.3 Å². The first-order valence-corrected chi connectivity index (χ1v) is 10.4. The zero-order valence-corrected chi connectivity index (χ0v) is 17.6. The molecule has 2 aromatic rings. The molecule has 0 amide bonds. The summed E-state index contributed by atoms with van der Waals surface area (Å²) in [6.07, 6.45) is 3.49. The van der Waals surface area contributed by atoms with Crippen molar-refractivity contribution in [2.24, 2.45) is 0 Å². The van der Waals surface area contributed by atoms with E-state index in [1.54, 1.807) is 28.9 Å². The number of benzene rings is 1. The number of nitrogens with one attached hydrogen (secondary N) is 1. The monoisotopic (exact) mass is 427 g/mol. The van der Waals surface area contributed by atoms with Gasteiger partial charge in [-0.2, -0.15) is 0 Å². The number of fused-ring (bicyclic) bond motifs is 2. The molecule has 2 aliphatic heterocycles. The second-order valence-corrected chi connectivity index (χ2v) is 7.46. The highest BCUT2D eigenvalue weighted by molar-refractivity contribution is 7.80. The summed E-state index contributed by atoms with van der Waals surface area (Å²) < 4.78 is 13.0. The Kier molecular flexibility index (Phi) is 5.89. The molecule has 3 heterocycles. The molecule has 0 radical (unpaired) electrons. The molecule has 0 spiro atoms. The third-order valence-electron chi connectivity index (χ3n) is 5.16. The number of piperazine rings is 1. The van der Waals surface area contributed by atoms with E-state index in [-0.39, 0.29) is 5.56 Å². The third-order valence-corrected chi connectivity index (χ3v) is 5.56. The van der Waals surface area contributed by atoms with Crippen LogP contribution < -0.4 is 25.2 Å². The van der Waals surface area contributed by atoms with Gasteiger partial charge in [-0.3, -0.25) is 9.36 Å². The minimum Gasteiger partial charge on any atom is -0.486 e. The summed E-state index contributed by atoms with van der Waals surface area (Å²) in [5, 5.41) is 4.39. The Balaban J connectivity index is 1.65. The van der Waals surface area contributed by atoms with Crippen molar-refractivity contribution >= 4 is 34.2 Å². The highest BCUT2D eigenvalue weighted by Gasteiger charge is 2.24. The van der Waals surface area contributed by atoms with Gasteiger partial charge in [0.25, 0.3) is 5.56 Å². The van der Waals surface area contributed by atoms with Crippen molar-refractivity contribution in [3.05, 3.63) is 47.8 Å². The van der Waals surface area contributed by atoms with Crippen LogP contribution in [0.1, 0.15) is 0 Å². The van der Waals surface area contributed by atoms with Crippen molar-refractivity contribution in [2.75, 3.05) is 50.8 Å². The predicted octanol–water partition coefficient (Wildman–Crippen LogP) is 1.54. The van der Waals surface area contributed by atoms with Crippen molar-refractivity contribution in [1.29, 1.82) is 0 Å². The highest BCUT2D eigenvalue weighted by Crippen LogP contribution is 2.33.